The van der Waals surface area contributed by atoms with Crippen LogP contribution in [0.15, 0.2) is 67.3 Å². The molecule has 1 fully saturated rings. The van der Waals surface area contributed by atoms with E-state index in [0.717, 1.165) is 52.9 Å². The van der Waals surface area contributed by atoms with Crippen molar-refractivity contribution < 1.29 is 4.79 Å². The first-order valence-corrected chi connectivity index (χ1v) is 10.6. The van der Waals surface area contributed by atoms with Crippen molar-refractivity contribution in [2.75, 3.05) is 13.1 Å². The van der Waals surface area contributed by atoms with E-state index in [1.807, 2.05) is 60.5 Å². The Morgan fingerprint density at radius 2 is 1.90 bits per heavy atom. The minimum absolute atomic E-state index is 0.0551. The zero-order valence-corrected chi connectivity index (χ0v) is 17.4. The van der Waals surface area contributed by atoms with Crippen molar-refractivity contribution in [3.63, 3.8) is 0 Å². The van der Waals surface area contributed by atoms with E-state index in [1.165, 1.54) is 0 Å². The van der Waals surface area contributed by atoms with Crippen LogP contribution in [0.5, 0.6) is 0 Å². The Morgan fingerprint density at radius 1 is 1.03 bits per heavy atom. The van der Waals surface area contributed by atoms with Gasteiger partial charge in [-0.2, -0.15) is 0 Å². The highest BCUT2D eigenvalue weighted by atomic mass is 16.2. The summed E-state index contributed by atoms with van der Waals surface area (Å²) in [4.78, 5) is 33.2. The number of aryl methyl sites for hydroxylation is 1. The quantitative estimate of drug-likeness (QED) is 0.501. The number of carbonyl (C=O) groups is 1. The van der Waals surface area contributed by atoms with Crippen molar-refractivity contribution in [1.82, 2.24) is 24.8 Å². The molecule has 6 heteroatoms. The Morgan fingerprint density at radius 3 is 2.77 bits per heavy atom. The van der Waals surface area contributed by atoms with Crippen LogP contribution in [-0.4, -0.2) is 43.8 Å². The molecular formula is C25H23N5O. The van der Waals surface area contributed by atoms with E-state index in [-0.39, 0.29) is 11.8 Å². The van der Waals surface area contributed by atoms with Gasteiger partial charge in [-0.1, -0.05) is 12.1 Å². The average molecular weight is 409 g/mol. The van der Waals surface area contributed by atoms with Crippen LogP contribution in [0.2, 0.25) is 0 Å². The van der Waals surface area contributed by atoms with Crippen LogP contribution in [0.3, 0.4) is 0 Å². The zero-order valence-electron chi connectivity index (χ0n) is 17.4. The van der Waals surface area contributed by atoms with Gasteiger partial charge in [-0.3, -0.25) is 14.8 Å². The fourth-order valence-electron chi connectivity index (χ4n) is 4.40. The van der Waals surface area contributed by atoms with Crippen LogP contribution in [0.1, 0.15) is 40.6 Å². The number of piperidine rings is 1. The summed E-state index contributed by atoms with van der Waals surface area (Å²) in [5.41, 5.74) is 4.62. The summed E-state index contributed by atoms with van der Waals surface area (Å²) < 4.78 is 0. The van der Waals surface area contributed by atoms with Gasteiger partial charge in [-0.25, -0.2) is 9.97 Å². The third-order valence-electron chi connectivity index (χ3n) is 5.90. The van der Waals surface area contributed by atoms with E-state index in [1.54, 1.807) is 18.6 Å². The Hall–Kier alpha value is -3.67. The summed E-state index contributed by atoms with van der Waals surface area (Å²) in [6.45, 7) is 3.30. The number of benzene rings is 1. The molecule has 0 saturated carbocycles. The van der Waals surface area contributed by atoms with Gasteiger partial charge in [-0.05, 0) is 55.7 Å². The van der Waals surface area contributed by atoms with E-state index in [4.69, 9.17) is 4.98 Å². The molecule has 4 aromatic rings. The summed E-state index contributed by atoms with van der Waals surface area (Å²) in [5, 5.41) is 0.896. The third kappa shape index (κ3) is 3.77. The summed E-state index contributed by atoms with van der Waals surface area (Å²) in [6, 6.07) is 13.5. The fraction of sp³-hybridized carbons (Fsp3) is 0.240. The zero-order chi connectivity index (χ0) is 21.2. The molecule has 1 aliphatic rings. The molecule has 6 nitrogen and oxygen atoms in total. The lowest BCUT2D eigenvalue weighted by Crippen LogP contribution is -2.39. The summed E-state index contributed by atoms with van der Waals surface area (Å²) in [5.74, 6) is 0.964. The lowest BCUT2D eigenvalue weighted by Gasteiger charge is -2.33. The lowest BCUT2D eigenvalue weighted by molar-refractivity contribution is 0.0708. The molecule has 0 radical (unpaired) electrons. The molecular weight excluding hydrogens is 386 g/mol. The van der Waals surface area contributed by atoms with Crippen molar-refractivity contribution in [3.8, 4) is 11.1 Å². The molecule has 3 aromatic heterocycles. The van der Waals surface area contributed by atoms with Gasteiger partial charge in [0.15, 0.2) is 0 Å². The molecule has 5 rings (SSSR count). The first-order chi connectivity index (χ1) is 15.2. The molecule has 1 saturated heterocycles. The Balaban J connectivity index is 1.48. The molecule has 0 aliphatic carbocycles. The highest BCUT2D eigenvalue weighted by Crippen LogP contribution is 2.33. The number of pyridine rings is 2. The Kier molecular flexibility index (Phi) is 5.12. The monoisotopic (exact) mass is 409 g/mol. The van der Waals surface area contributed by atoms with Crippen molar-refractivity contribution in [2.24, 2.45) is 0 Å². The molecule has 1 aliphatic heterocycles. The number of likely N-dealkylation sites (tertiary alicyclic amines) is 1. The minimum atomic E-state index is 0.0551. The van der Waals surface area contributed by atoms with E-state index < -0.39 is 0 Å². The Labute approximate surface area is 181 Å². The average Bonchev–Trinajstić information content (AvgIpc) is 2.84. The van der Waals surface area contributed by atoms with Crippen LogP contribution >= 0.6 is 0 Å². The van der Waals surface area contributed by atoms with E-state index >= 15 is 0 Å². The van der Waals surface area contributed by atoms with E-state index in [0.29, 0.717) is 12.1 Å². The van der Waals surface area contributed by atoms with Crippen molar-refractivity contribution in [1.29, 1.82) is 0 Å². The van der Waals surface area contributed by atoms with E-state index in [9.17, 15) is 4.79 Å². The van der Waals surface area contributed by atoms with Crippen LogP contribution < -0.4 is 0 Å². The molecule has 1 amide bonds. The highest BCUT2D eigenvalue weighted by molar-refractivity contribution is 6.06. The van der Waals surface area contributed by atoms with Gasteiger partial charge in [0.25, 0.3) is 5.91 Å². The smallest absolute Gasteiger partial charge is 0.254 e. The number of fused-ring (bicyclic) bond motifs is 1. The number of carbonyl (C=O) groups excluding carboxylic acids is 1. The van der Waals surface area contributed by atoms with Gasteiger partial charge >= 0.3 is 0 Å². The standard InChI is InChI=1S/C25H23N5O/c1-17-28-15-22(18-9-12-26-13-10-18)24(29-17)19-5-4-14-30(16-19)25(31)21-6-2-8-23-20(21)7-3-11-27-23/h2-3,6-13,15,19H,4-5,14,16H2,1H3. The van der Waals surface area contributed by atoms with Gasteiger partial charge in [0.05, 0.1) is 11.2 Å². The van der Waals surface area contributed by atoms with Gasteiger partial charge in [0.1, 0.15) is 5.82 Å². The molecule has 154 valence electrons. The maximum absolute atomic E-state index is 13.5. The van der Waals surface area contributed by atoms with Gasteiger partial charge in [0, 0.05) is 60.3 Å². The molecule has 0 bridgehead atoms. The van der Waals surface area contributed by atoms with Crippen molar-refractivity contribution >= 4 is 16.8 Å². The Bertz CT molecular complexity index is 1240. The fourth-order valence-corrected chi connectivity index (χ4v) is 4.40. The predicted molar refractivity (Wildman–Crippen MR) is 120 cm³/mol. The second-order valence-electron chi connectivity index (χ2n) is 7.92. The second-order valence-corrected chi connectivity index (χ2v) is 7.92. The maximum Gasteiger partial charge on any atom is 0.254 e. The van der Waals surface area contributed by atoms with Gasteiger partial charge in [0.2, 0.25) is 0 Å². The number of aromatic nitrogens is 4. The van der Waals surface area contributed by atoms with Crippen LogP contribution in [0.25, 0.3) is 22.0 Å². The first kappa shape index (κ1) is 19.3. The normalized spacial score (nSPS) is 16.4. The molecule has 1 atom stereocenters. The summed E-state index contributed by atoms with van der Waals surface area (Å²) in [7, 11) is 0. The van der Waals surface area contributed by atoms with Crippen molar-refractivity contribution in [2.45, 2.75) is 25.7 Å². The van der Waals surface area contributed by atoms with Gasteiger partial charge < -0.3 is 4.90 Å². The predicted octanol–water partition coefficient (Wildman–Crippen LogP) is 4.42. The summed E-state index contributed by atoms with van der Waals surface area (Å²) in [6.07, 6.45) is 9.15. The largest absolute Gasteiger partial charge is 0.338 e. The number of hydrogen-bond acceptors (Lipinski definition) is 5. The molecule has 1 unspecified atom stereocenters. The molecule has 0 spiro atoms. The maximum atomic E-state index is 13.5. The topological polar surface area (TPSA) is 71.9 Å². The minimum Gasteiger partial charge on any atom is -0.338 e. The highest BCUT2D eigenvalue weighted by Gasteiger charge is 2.29. The SMILES string of the molecule is Cc1ncc(-c2ccncc2)c(C2CCCN(C(=O)c3cccc4ncccc34)C2)n1. The third-order valence-corrected chi connectivity index (χ3v) is 5.90. The van der Waals surface area contributed by atoms with Crippen molar-refractivity contribution in [3.05, 3.63) is 84.3 Å². The van der Waals surface area contributed by atoms with Crippen LogP contribution in [0.4, 0.5) is 0 Å². The van der Waals surface area contributed by atoms with Crippen LogP contribution in [0, 0.1) is 6.92 Å². The second kappa shape index (κ2) is 8.22. The van der Waals surface area contributed by atoms with Crippen LogP contribution in [-0.2, 0) is 0 Å². The molecule has 0 N–H and O–H groups in total. The molecule has 31 heavy (non-hydrogen) atoms. The summed E-state index contributed by atoms with van der Waals surface area (Å²) >= 11 is 0. The number of rotatable bonds is 3. The number of hydrogen-bond donors (Lipinski definition) is 0. The number of amides is 1. The molecule has 4 heterocycles. The molecule has 1 aromatic carbocycles. The number of nitrogens with zero attached hydrogens (tertiary/aromatic N) is 5. The van der Waals surface area contributed by atoms with E-state index in [2.05, 4.69) is 15.0 Å². The van der Waals surface area contributed by atoms with Gasteiger partial charge in [-0.15, -0.1) is 0 Å². The lowest BCUT2D eigenvalue weighted by atomic mass is 9.89. The first-order valence-electron chi connectivity index (χ1n) is 10.6.